The summed E-state index contributed by atoms with van der Waals surface area (Å²) in [6, 6.07) is 13.5. The van der Waals surface area contributed by atoms with Crippen molar-refractivity contribution < 1.29 is 23.7 Å². The van der Waals surface area contributed by atoms with E-state index in [0.717, 1.165) is 0 Å². The van der Waals surface area contributed by atoms with E-state index < -0.39 is 28.5 Å². The van der Waals surface area contributed by atoms with Crippen molar-refractivity contribution >= 4 is 34.2 Å². The normalized spacial score (nSPS) is 11.6. The number of esters is 1. The second-order valence-corrected chi connectivity index (χ2v) is 5.80. The standard InChI is InChI=1S/C19H14N2O7/c1-11(17(22)20-14-7-3-4-8-15(14)21(25)26)27-18(23)13-10-12-6-2-5-9-16(12)28-19(13)24/h2-11H,1H3,(H,20,22). The topological polar surface area (TPSA) is 129 Å². The van der Waals surface area contributed by atoms with Gasteiger partial charge in [0.05, 0.1) is 4.92 Å². The Morgan fingerprint density at radius 2 is 1.82 bits per heavy atom. The Labute approximate surface area is 157 Å². The smallest absolute Gasteiger partial charge is 0.351 e. The Hall–Kier alpha value is -4.01. The zero-order valence-electron chi connectivity index (χ0n) is 14.6. The highest BCUT2D eigenvalue weighted by atomic mass is 16.6. The van der Waals surface area contributed by atoms with Gasteiger partial charge in [0.1, 0.15) is 16.8 Å². The number of anilines is 1. The summed E-state index contributed by atoms with van der Waals surface area (Å²) >= 11 is 0. The molecular weight excluding hydrogens is 368 g/mol. The fourth-order valence-electron chi connectivity index (χ4n) is 2.45. The Kier molecular flexibility index (Phi) is 5.16. The van der Waals surface area contributed by atoms with Crippen molar-refractivity contribution in [2.45, 2.75) is 13.0 Å². The number of carbonyl (C=O) groups excluding carboxylic acids is 2. The van der Waals surface area contributed by atoms with Crippen LogP contribution in [-0.4, -0.2) is 22.9 Å². The van der Waals surface area contributed by atoms with Gasteiger partial charge in [0.15, 0.2) is 6.10 Å². The summed E-state index contributed by atoms with van der Waals surface area (Å²) in [6.45, 7) is 1.28. The molecule has 0 fully saturated rings. The summed E-state index contributed by atoms with van der Waals surface area (Å²) < 4.78 is 10.1. The molecule has 3 rings (SSSR count). The van der Waals surface area contributed by atoms with E-state index in [0.29, 0.717) is 11.0 Å². The van der Waals surface area contributed by atoms with Gasteiger partial charge in [-0.15, -0.1) is 0 Å². The third kappa shape index (κ3) is 3.88. The average molecular weight is 382 g/mol. The summed E-state index contributed by atoms with van der Waals surface area (Å²) in [5, 5.41) is 13.9. The molecule has 0 bridgehead atoms. The average Bonchev–Trinajstić information content (AvgIpc) is 2.67. The molecule has 1 N–H and O–H groups in total. The molecule has 2 aromatic carbocycles. The van der Waals surface area contributed by atoms with Gasteiger partial charge < -0.3 is 14.5 Å². The van der Waals surface area contributed by atoms with E-state index in [1.807, 2.05) is 0 Å². The Bertz CT molecular complexity index is 1140. The second-order valence-electron chi connectivity index (χ2n) is 5.80. The van der Waals surface area contributed by atoms with E-state index in [-0.39, 0.29) is 16.9 Å². The minimum atomic E-state index is -1.31. The van der Waals surface area contributed by atoms with Gasteiger partial charge in [-0.1, -0.05) is 30.3 Å². The van der Waals surface area contributed by atoms with E-state index in [1.54, 1.807) is 24.3 Å². The molecule has 1 heterocycles. The van der Waals surface area contributed by atoms with Gasteiger partial charge in [0.2, 0.25) is 0 Å². The third-order valence-corrected chi connectivity index (χ3v) is 3.87. The number of nitrogens with one attached hydrogen (secondary N) is 1. The van der Waals surface area contributed by atoms with Gasteiger partial charge in [0, 0.05) is 11.5 Å². The number of para-hydroxylation sites is 3. The first-order valence-corrected chi connectivity index (χ1v) is 8.15. The first-order chi connectivity index (χ1) is 13.4. The number of benzene rings is 2. The molecule has 1 aromatic heterocycles. The van der Waals surface area contributed by atoms with Crippen LogP contribution in [0.15, 0.2) is 63.8 Å². The molecule has 0 aliphatic rings. The highest BCUT2D eigenvalue weighted by Gasteiger charge is 2.24. The predicted octanol–water partition coefficient (Wildman–Crippen LogP) is 2.89. The van der Waals surface area contributed by atoms with Gasteiger partial charge in [-0.3, -0.25) is 14.9 Å². The van der Waals surface area contributed by atoms with Crippen molar-refractivity contribution in [1.82, 2.24) is 0 Å². The van der Waals surface area contributed by atoms with Crippen LogP contribution in [0.1, 0.15) is 17.3 Å². The molecule has 28 heavy (non-hydrogen) atoms. The zero-order valence-corrected chi connectivity index (χ0v) is 14.6. The number of nitro benzene ring substituents is 1. The van der Waals surface area contributed by atoms with Gasteiger partial charge >= 0.3 is 11.6 Å². The van der Waals surface area contributed by atoms with Crippen molar-refractivity contribution in [3.8, 4) is 0 Å². The third-order valence-electron chi connectivity index (χ3n) is 3.87. The maximum atomic E-state index is 12.3. The molecule has 0 aliphatic heterocycles. The molecule has 3 aromatic rings. The van der Waals surface area contributed by atoms with Crippen LogP contribution >= 0.6 is 0 Å². The van der Waals surface area contributed by atoms with Crippen LogP contribution in [0, 0.1) is 10.1 Å². The lowest BCUT2D eigenvalue weighted by Gasteiger charge is -2.13. The number of nitro groups is 1. The first kappa shape index (κ1) is 18.8. The van der Waals surface area contributed by atoms with Crippen LogP contribution < -0.4 is 10.9 Å². The van der Waals surface area contributed by atoms with Crippen molar-refractivity contribution in [3.05, 3.63) is 80.7 Å². The first-order valence-electron chi connectivity index (χ1n) is 8.15. The molecule has 9 nitrogen and oxygen atoms in total. The second kappa shape index (κ2) is 7.70. The molecule has 1 unspecified atom stereocenters. The fourth-order valence-corrected chi connectivity index (χ4v) is 2.45. The minimum absolute atomic E-state index is 0.0365. The van der Waals surface area contributed by atoms with E-state index in [4.69, 9.17) is 9.15 Å². The van der Waals surface area contributed by atoms with Crippen molar-refractivity contribution in [2.75, 3.05) is 5.32 Å². The van der Waals surface area contributed by atoms with E-state index >= 15 is 0 Å². The monoisotopic (exact) mass is 382 g/mol. The number of amides is 1. The molecule has 0 saturated carbocycles. The minimum Gasteiger partial charge on any atom is -0.449 e. The number of ether oxygens (including phenoxy) is 1. The van der Waals surface area contributed by atoms with Crippen LogP contribution in [0.2, 0.25) is 0 Å². The quantitative estimate of drug-likeness (QED) is 0.311. The summed E-state index contributed by atoms with van der Waals surface area (Å²) in [6.07, 6.45) is -1.31. The SMILES string of the molecule is CC(OC(=O)c1cc2ccccc2oc1=O)C(=O)Nc1ccccc1[N+](=O)[O-]. The van der Waals surface area contributed by atoms with Crippen molar-refractivity contribution in [2.24, 2.45) is 0 Å². The van der Waals surface area contributed by atoms with Crippen LogP contribution in [0.4, 0.5) is 11.4 Å². The molecule has 1 amide bonds. The molecule has 1 atom stereocenters. The van der Waals surface area contributed by atoms with Crippen molar-refractivity contribution in [3.63, 3.8) is 0 Å². The van der Waals surface area contributed by atoms with Gasteiger partial charge in [-0.2, -0.15) is 0 Å². The maximum Gasteiger partial charge on any atom is 0.351 e. The number of nitrogens with zero attached hydrogens (tertiary/aromatic N) is 1. The van der Waals surface area contributed by atoms with Gasteiger partial charge in [-0.25, -0.2) is 9.59 Å². The van der Waals surface area contributed by atoms with E-state index in [2.05, 4.69) is 5.32 Å². The van der Waals surface area contributed by atoms with Crippen LogP contribution in [0.5, 0.6) is 0 Å². The molecule has 0 radical (unpaired) electrons. The Morgan fingerprint density at radius 1 is 1.14 bits per heavy atom. The molecule has 142 valence electrons. The van der Waals surface area contributed by atoms with Gasteiger partial charge in [0.25, 0.3) is 11.6 Å². The number of carbonyl (C=O) groups is 2. The molecule has 0 spiro atoms. The Morgan fingerprint density at radius 3 is 2.57 bits per heavy atom. The lowest BCUT2D eigenvalue weighted by atomic mass is 10.2. The largest absolute Gasteiger partial charge is 0.449 e. The van der Waals surface area contributed by atoms with Crippen molar-refractivity contribution in [1.29, 1.82) is 0 Å². The van der Waals surface area contributed by atoms with E-state index in [1.165, 1.54) is 37.3 Å². The lowest BCUT2D eigenvalue weighted by molar-refractivity contribution is -0.383. The Balaban J connectivity index is 1.76. The summed E-state index contributed by atoms with van der Waals surface area (Å²) in [5.74, 6) is -1.82. The fraction of sp³-hybridized carbons (Fsp3) is 0.105. The summed E-state index contributed by atoms with van der Waals surface area (Å²) in [5.41, 5.74) is -1.28. The zero-order chi connectivity index (χ0) is 20.3. The predicted molar refractivity (Wildman–Crippen MR) is 99.1 cm³/mol. The van der Waals surface area contributed by atoms with E-state index in [9.17, 15) is 24.5 Å². The lowest BCUT2D eigenvalue weighted by Crippen LogP contribution is -2.31. The highest BCUT2D eigenvalue weighted by molar-refractivity contribution is 5.99. The molecule has 0 saturated heterocycles. The number of fused-ring (bicyclic) bond motifs is 1. The maximum absolute atomic E-state index is 12.3. The summed E-state index contributed by atoms with van der Waals surface area (Å²) in [7, 11) is 0. The number of hydrogen-bond donors (Lipinski definition) is 1. The summed E-state index contributed by atoms with van der Waals surface area (Å²) in [4.78, 5) is 46.9. The van der Waals surface area contributed by atoms with Crippen LogP contribution in [0.3, 0.4) is 0 Å². The van der Waals surface area contributed by atoms with Gasteiger partial charge in [-0.05, 0) is 25.1 Å². The number of hydrogen-bond acceptors (Lipinski definition) is 7. The van der Waals surface area contributed by atoms with Crippen LogP contribution in [0.25, 0.3) is 11.0 Å². The van der Waals surface area contributed by atoms with Crippen LogP contribution in [-0.2, 0) is 9.53 Å². The molecular formula is C19H14N2O7. The number of rotatable bonds is 5. The highest BCUT2D eigenvalue weighted by Crippen LogP contribution is 2.23. The molecule has 0 aliphatic carbocycles. The molecule has 9 heteroatoms.